The van der Waals surface area contributed by atoms with E-state index in [9.17, 15) is 4.79 Å². The van der Waals surface area contributed by atoms with E-state index < -0.39 is 0 Å². The molecule has 0 heterocycles. The van der Waals surface area contributed by atoms with E-state index in [1.54, 1.807) is 0 Å². The van der Waals surface area contributed by atoms with Crippen LogP contribution in [-0.2, 0) is 4.79 Å². The number of rotatable bonds is 4. The largest absolute Gasteiger partial charge is 0.303 e. The van der Waals surface area contributed by atoms with Crippen LogP contribution in [0.3, 0.4) is 0 Å². The van der Waals surface area contributed by atoms with Crippen molar-refractivity contribution in [2.24, 2.45) is 11.8 Å². The van der Waals surface area contributed by atoms with Crippen LogP contribution in [0.1, 0.15) is 34.1 Å². The molecular formula is C10H18O. The highest BCUT2D eigenvalue weighted by molar-refractivity contribution is 5.52. The Kier molecular flexibility index (Phi) is 4.84. The van der Waals surface area contributed by atoms with Crippen molar-refractivity contribution in [1.82, 2.24) is 0 Å². The number of aldehydes is 1. The van der Waals surface area contributed by atoms with E-state index in [4.69, 9.17) is 0 Å². The average molecular weight is 154 g/mol. The maximum absolute atomic E-state index is 10.3. The lowest BCUT2D eigenvalue weighted by molar-refractivity contribution is -0.110. The molecule has 0 fully saturated rings. The van der Waals surface area contributed by atoms with Crippen molar-refractivity contribution in [3.63, 3.8) is 0 Å². The Bertz CT molecular complexity index is 143. The summed E-state index contributed by atoms with van der Waals surface area (Å²) < 4.78 is 0. The Morgan fingerprint density at radius 1 is 1.27 bits per heavy atom. The fourth-order valence-corrected chi connectivity index (χ4v) is 1.28. The summed E-state index contributed by atoms with van der Waals surface area (Å²) >= 11 is 0. The first kappa shape index (κ1) is 10.4. The lowest BCUT2D eigenvalue weighted by Gasteiger charge is -2.08. The molecule has 0 saturated carbocycles. The monoisotopic (exact) mass is 154 g/mol. The van der Waals surface area contributed by atoms with Gasteiger partial charge < -0.3 is 4.79 Å². The van der Waals surface area contributed by atoms with E-state index in [1.807, 2.05) is 6.92 Å². The molecule has 0 saturated heterocycles. The van der Waals surface area contributed by atoms with E-state index in [2.05, 4.69) is 26.8 Å². The first-order valence-electron chi connectivity index (χ1n) is 4.16. The van der Waals surface area contributed by atoms with E-state index in [-0.39, 0.29) is 5.92 Å². The summed E-state index contributed by atoms with van der Waals surface area (Å²) in [6.45, 7) is 8.28. The average Bonchev–Trinajstić information content (AvgIpc) is 1.85. The third-order valence-electron chi connectivity index (χ3n) is 1.59. The molecule has 0 aromatic heterocycles. The van der Waals surface area contributed by atoms with Crippen molar-refractivity contribution in [3.8, 4) is 0 Å². The quantitative estimate of drug-likeness (QED) is 0.449. The molecule has 0 radical (unpaired) electrons. The molecule has 11 heavy (non-hydrogen) atoms. The van der Waals surface area contributed by atoms with Crippen LogP contribution in [0.25, 0.3) is 0 Å². The second kappa shape index (κ2) is 5.11. The van der Waals surface area contributed by atoms with Gasteiger partial charge in [0, 0.05) is 5.92 Å². The van der Waals surface area contributed by atoms with Crippen molar-refractivity contribution in [3.05, 3.63) is 11.6 Å². The molecule has 0 rings (SSSR count). The van der Waals surface area contributed by atoms with Gasteiger partial charge in [-0.1, -0.05) is 25.5 Å². The van der Waals surface area contributed by atoms with Gasteiger partial charge in [0.05, 0.1) is 0 Å². The number of carbonyl (C=O) groups is 1. The second-order valence-electron chi connectivity index (χ2n) is 3.57. The van der Waals surface area contributed by atoms with Gasteiger partial charge in [-0.2, -0.15) is 0 Å². The molecule has 0 aliphatic carbocycles. The summed E-state index contributed by atoms with van der Waals surface area (Å²) in [7, 11) is 0. The third-order valence-corrected chi connectivity index (χ3v) is 1.59. The first-order chi connectivity index (χ1) is 5.06. The van der Waals surface area contributed by atoms with Crippen LogP contribution in [-0.4, -0.2) is 6.29 Å². The van der Waals surface area contributed by atoms with Crippen LogP contribution in [0.15, 0.2) is 11.6 Å². The zero-order chi connectivity index (χ0) is 8.85. The highest BCUT2D eigenvalue weighted by Crippen LogP contribution is 2.12. The SMILES string of the molecule is CC(C)=C[C@@H](C)C[C@@H](C)C=O. The standard InChI is InChI=1S/C10H18O/c1-8(2)5-9(3)6-10(4)7-11/h5,7,9-10H,6H2,1-4H3/t9-,10-/m1/s1. The predicted molar refractivity (Wildman–Crippen MR) is 48.4 cm³/mol. The lowest BCUT2D eigenvalue weighted by Crippen LogP contribution is -2.01. The minimum atomic E-state index is 0.195. The van der Waals surface area contributed by atoms with Crippen molar-refractivity contribution < 1.29 is 4.79 Å². The highest BCUT2D eigenvalue weighted by atomic mass is 16.1. The maximum Gasteiger partial charge on any atom is 0.122 e. The number of hydrogen-bond donors (Lipinski definition) is 0. The van der Waals surface area contributed by atoms with Gasteiger partial charge in [-0.25, -0.2) is 0 Å². The Balaban J connectivity index is 3.77. The Labute approximate surface area is 69.5 Å². The molecule has 64 valence electrons. The predicted octanol–water partition coefficient (Wildman–Crippen LogP) is 2.81. The van der Waals surface area contributed by atoms with Gasteiger partial charge in [0.1, 0.15) is 6.29 Å². The molecule has 0 spiro atoms. The van der Waals surface area contributed by atoms with E-state index >= 15 is 0 Å². The van der Waals surface area contributed by atoms with Crippen LogP contribution in [0.5, 0.6) is 0 Å². The van der Waals surface area contributed by atoms with Crippen molar-refractivity contribution in [2.45, 2.75) is 34.1 Å². The summed E-state index contributed by atoms with van der Waals surface area (Å²) in [6, 6.07) is 0. The number of allylic oxidation sites excluding steroid dienone is 2. The van der Waals surface area contributed by atoms with Crippen LogP contribution >= 0.6 is 0 Å². The van der Waals surface area contributed by atoms with Gasteiger partial charge in [-0.15, -0.1) is 0 Å². The minimum absolute atomic E-state index is 0.195. The smallest absolute Gasteiger partial charge is 0.122 e. The summed E-state index contributed by atoms with van der Waals surface area (Å²) in [5.41, 5.74) is 1.33. The zero-order valence-corrected chi connectivity index (χ0v) is 7.92. The highest BCUT2D eigenvalue weighted by Gasteiger charge is 2.04. The van der Waals surface area contributed by atoms with Gasteiger partial charge in [-0.05, 0) is 26.2 Å². The van der Waals surface area contributed by atoms with Crippen LogP contribution in [0.4, 0.5) is 0 Å². The molecule has 0 amide bonds. The van der Waals surface area contributed by atoms with Gasteiger partial charge in [-0.3, -0.25) is 0 Å². The van der Waals surface area contributed by atoms with Crippen molar-refractivity contribution >= 4 is 6.29 Å². The molecule has 0 aliphatic rings. The number of hydrogen-bond acceptors (Lipinski definition) is 1. The molecule has 1 heteroatoms. The summed E-state index contributed by atoms with van der Waals surface area (Å²) in [4.78, 5) is 10.3. The Morgan fingerprint density at radius 2 is 1.82 bits per heavy atom. The van der Waals surface area contributed by atoms with Gasteiger partial charge in [0.15, 0.2) is 0 Å². The maximum atomic E-state index is 10.3. The fourth-order valence-electron chi connectivity index (χ4n) is 1.28. The van der Waals surface area contributed by atoms with Gasteiger partial charge in [0.25, 0.3) is 0 Å². The molecular weight excluding hydrogens is 136 g/mol. The number of carbonyl (C=O) groups excluding carboxylic acids is 1. The molecule has 0 unspecified atom stereocenters. The van der Waals surface area contributed by atoms with Gasteiger partial charge >= 0.3 is 0 Å². The second-order valence-corrected chi connectivity index (χ2v) is 3.57. The van der Waals surface area contributed by atoms with Crippen LogP contribution in [0, 0.1) is 11.8 Å². The van der Waals surface area contributed by atoms with Crippen LogP contribution in [0.2, 0.25) is 0 Å². The third kappa shape index (κ3) is 5.84. The summed E-state index contributed by atoms with van der Waals surface area (Å²) in [6.07, 6.45) is 4.20. The summed E-state index contributed by atoms with van der Waals surface area (Å²) in [5, 5.41) is 0. The van der Waals surface area contributed by atoms with E-state index in [0.717, 1.165) is 12.7 Å². The molecule has 0 aliphatic heterocycles. The molecule has 0 aromatic rings. The molecule has 1 nitrogen and oxygen atoms in total. The normalized spacial score (nSPS) is 15.3. The van der Waals surface area contributed by atoms with E-state index in [1.165, 1.54) is 5.57 Å². The minimum Gasteiger partial charge on any atom is -0.303 e. The zero-order valence-electron chi connectivity index (χ0n) is 7.92. The lowest BCUT2D eigenvalue weighted by atomic mass is 9.97. The van der Waals surface area contributed by atoms with Crippen LogP contribution < -0.4 is 0 Å². The Hall–Kier alpha value is -0.590. The van der Waals surface area contributed by atoms with Crippen molar-refractivity contribution in [1.29, 1.82) is 0 Å². The first-order valence-corrected chi connectivity index (χ1v) is 4.16. The topological polar surface area (TPSA) is 17.1 Å². The summed E-state index contributed by atoms with van der Waals surface area (Å²) in [5.74, 6) is 0.723. The molecule has 0 N–H and O–H groups in total. The van der Waals surface area contributed by atoms with Crippen molar-refractivity contribution in [2.75, 3.05) is 0 Å². The Morgan fingerprint density at radius 3 is 2.18 bits per heavy atom. The fraction of sp³-hybridized carbons (Fsp3) is 0.700. The molecule has 0 bridgehead atoms. The van der Waals surface area contributed by atoms with E-state index in [0.29, 0.717) is 5.92 Å². The van der Waals surface area contributed by atoms with Gasteiger partial charge in [0.2, 0.25) is 0 Å². The molecule has 0 aromatic carbocycles. The molecule has 2 atom stereocenters.